The summed E-state index contributed by atoms with van der Waals surface area (Å²) in [6.07, 6.45) is 2.44. The topological polar surface area (TPSA) is 15.3 Å². The smallest absolute Gasteiger partial charge is 0.263 e. The zero-order valence-corrected chi connectivity index (χ0v) is 12.8. The number of hydrogen-bond donors (Lipinski definition) is 1. The van der Waals surface area contributed by atoms with Crippen LogP contribution in [0.2, 0.25) is 0 Å². The van der Waals surface area contributed by atoms with E-state index in [1.165, 1.54) is 25.5 Å². The minimum absolute atomic E-state index is 0.115. The van der Waals surface area contributed by atoms with Crippen LogP contribution >= 0.6 is 0 Å². The van der Waals surface area contributed by atoms with E-state index in [1.807, 2.05) is 6.07 Å². The van der Waals surface area contributed by atoms with Crippen molar-refractivity contribution in [3.8, 4) is 0 Å². The maximum atomic E-state index is 12.7. The van der Waals surface area contributed by atoms with Gasteiger partial charge < -0.3 is 10.2 Å². The lowest BCUT2D eigenvalue weighted by Crippen LogP contribution is -2.42. The van der Waals surface area contributed by atoms with Gasteiger partial charge in [0, 0.05) is 18.2 Å². The molecule has 0 aromatic heterocycles. The lowest BCUT2D eigenvalue weighted by atomic mass is 10.0. The third-order valence-electron chi connectivity index (χ3n) is 4.21. The number of likely N-dealkylation sites (tertiary alicyclic amines) is 1. The van der Waals surface area contributed by atoms with E-state index in [0.29, 0.717) is 12.6 Å². The van der Waals surface area contributed by atoms with Gasteiger partial charge in [0.15, 0.2) is 0 Å². The summed E-state index contributed by atoms with van der Waals surface area (Å²) in [5, 5.41) is 3.51. The van der Waals surface area contributed by atoms with Crippen LogP contribution in [0.4, 0.5) is 8.78 Å². The molecule has 1 aromatic carbocycles. The molecule has 0 radical (unpaired) electrons. The summed E-state index contributed by atoms with van der Waals surface area (Å²) in [7, 11) is 0. The van der Waals surface area contributed by atoms with E-state index in [4.69, 9.17) is 0 Å². The summed E-state index contributed by atoms with van der Waals surface area (Å²) in [4.78, 5) is 2.53. The molecule has 0 bridgehead atoms. The Morgan fingerprint density at radius 2 is 2.05 bits per heavy atom. The highest BCUT2D eigenvalue weighted by molar-refractivity contribution is 5.24. The van der Waals surface area contributed by atoms with Crippen molar-refractivity contribution in [3.63, 3.8) is 0 Å². The summed E-state index contributed by atoms with van der Waals surface area (Å²) in [5.74, 6) is 0. The lowest BCUT2D eigenvalue weighted by molar-refractivity contribution is 0.151. The maximum absolute atomic E-state index is 12.7. The first-order valence-corrected chi connectivity index (χ1v) is 8.01. The summed E-state index contributed by atoms with van der Waals surface area (Å²) in [6, 6.07) is 7.23. The molecule has 1 N–H and O–H groups in total. The fourth-order valence-corrected chi connectivity index (χ4v) is 2.84. The van der Waals surface area contributed by atoms with Crippen LogP contribution in [0.1, 0.15) is 50.2 Å². The minimum Gasteiger partial charge on any atom is -0.310 e. The van der Waals surface area contributed by atoms with Crippen LogP contribution in [0.5, 0.6) is 0 Å². The Balaban J connectivity index is 1.73. The number of hydrogen-bond acceptors (Lipinski definition) is 2. The van der Waals surface area contributed by atoms with Gasteiger partial charge in [-0.05, 0) is 50.5 Å². The van der Waals surface area contributed by atoms with Gasteiger partial charge in [-0.2, -0.15) is 0 Å². The molecule has 1 saturated heterocycles. The second-order valence-corrected chi connectivity index (χ2v) is 5.90. The summed E-state index contributed by atoms with van der Waals surface area (Å²) in [5.41, 5.74) is 1.06. The van der Waals surface area contributed by atoms with Gasteiger partial charge in [0.2, 0.25) is 0 Å². The molecule has 118 valence electrons. The van der Waals surface area contributed by atoms with Gasteiger partial charge in [0.1, 0.15) is 0 Å². The fraction of sp³-hybridized carbons (Fsp3) is 0.647. The van der Waals surface area contributed by atoms with Gasteiger partial charge in [0.25, 0.3) is 6.43 Å². The quantitative estimate of drug-likeness (QED) is 0.819. The van der Waals surface area contributed by atoms with Crippen molar-refractivity contribution in [3.05, 3.63) is 35.4 Å². The van der Waals surface area contributed by atoms with Crippen molar-refractivity contribution < 1.29 is 8.78 Å². The molecule has 0 aliphatic carbocycles. The molecule has 21 heavy (non-hydrogen) atoms. The molecule has 4 heteroatoms. The maximum Gasteiger partial charge on any atom is 0.263 e. The van der Waals surface area contributed by atoms with Crippen LogP contribution in [0.25, 0.3) is 0 Å². The third-order valence-corrected chi connectivity index (χ3v) is 4.21. The molecule has 1 aliphatic heterocycles. The highest BCUT2D eigenvalue weighted by Gasteiger charge is 2.18. The lowest BCUT2D eigenvalue weighted by Gasteiger charge is -2.32. The highest BCUT2D eigenvalue weighted by Crippen LogP contribution is 2.19. The molecule has 0 spiro atoms. The number of nitrogens with zero attached hydrogens (tertiary/aromatic N) is 1. The Hall–Kier alpha value is -1.00. The van der Waals surface area contributed by atoms with Crippen molar-refractivity contribution >= 4 is 0 Å². The molecule has 1 fully saturated rings. The van der Waals surface area contributed by atoms with Gasteiger partial charge in [-0.15, -0.1) is 0 Å². The molecule has 0 amide bonds. The Labute approximate surface area is 126 Å². The van der Waals surface area contributed by atoms with Gasteiger partial charge >= 0.3 is 0 Å². The van der Waals surface area contributed by atoms with E-state index >= 15 is 0 Å². The average Bonchev–Trinajstić information content (AvgIpc) is 2.52. The molecular formula is C17H26F2N2. The fourth-order valence-electron chi connectivity index (χ4n) is 2.84. The van der Waals surface area contributed by atoms with Gasteiger partial charge in [-0.1, -0.05) is 31.5 Å². The van der Waals surface area contributed by atoms with E-state index in [0.717, 1.165) is 31.5 Å². The zero-order valence-electron chi connectivity index (χ0n) is 12.8. The van der Waals surface area contributed by atoms with Crippen molar-refractivity contribution in [2.75, 3.05) is 19.6 Å². The number of benzene rings is 1. The Bertz CT molecular complexity index is 415. The van der Waals surface area contributed by atoms with Gasteiger partial charge in [0.05, 0.1) is 0 Å². The predicted octanol–water partition coefficient (Wildman–Crippen LogP) is 3.98. The zero-order chi connectivity index (χ0) is 15.1. The van der Waals surface area contributed by atoms with Gasteiger partial charge in [-0.3, -0.25) is 0 Å². The first kappa shape index (κ1) is 16.4. The number of nitrogens with one attached hydrogen (secondary N) is 1. The van der Waals surface area contributed by atoms with Crippen LogP contribution in [-0.2, 0) is 6.54 Å². The molecule has 0 unspecified atom stereocenters. The minimum atomic E-state index is -2.38. The Morgan fingerprint density at radius 3 is 2.71 bits per heavy atom. The average molecular weight is 296 g/mol. The molecule has 2 nitrogen and oxygen atoms in total. The first-order chi connectivity index (χ1) is 10.2. The van der Waals surface area contributed by atoms with Crippen LogP contribution in [0.3, 0.4) is 0 Å². The second-order valence-electron chi connectivity index (χ2n) is 5.90. The van der Waals surface area contributed by atoms with Crippen LogP contribution in [0, 0.1) is 0 Å². The van der Waals surface area contributed by atoms with E-state index in [1.54, 1.807) is 12.1 Å². The number of alkyl halides is 2. The highest BCUT2D eigenvalue weighted by atomic mass is 19.3. The molecule has 1 heterocycles. The van der Waals surface area contributed by atoms with Crippen molar-refractivity contribution in [1.82, 2.24) is 10.2 Å². The summed E-state index contributed by atoms with van der Waals surface area (Å²) >= 11 is 0. The summed E-state index contributed by atoms with van der Waals surface area (Å²) in [6.45, 7) is 6.41. The summed E-state index contributed by atoms with van der Waals surface area (Å²) < 4.78 is 25.3. The number of piperidine rings is 1. The van der Waals surface area contributed by atoms with Crippen molar-refractivity contribution in [2.45, 2.75) is 51.6 Å². The largest absolute Gasteiger partial charge is 0.310 e. The molecule has 0 saturated carbocycles. The predicted molar refractivity (Wildman–Crippen MR) is 82.6 cm³/mol. The number of rotatable bonds is 7. The second kappa shape index (κ2) is 8.44. The van der Waals surface area contributed by atoms with Crippen molar-refractivity contribution in [1.29, 1.82) is 0 Å². The van der Waals surface area contributed by atoms with Crippen LogP contribution in [-0.4, -0.2) is 30.6 Å². The molecular weight excluding hydrogens is 270 g/mol. The van der Waals surface area contributed by atoms with E-state index in [9.17, 15) is 8.78 Å². The number of unbranched alkanes of at least 4 members (excludes halogenated alkanes) is 1. The number of halogens is 2. The molecule has 2 rings (SSSR count). The Kier molecular flexibility index (Phi) is 6.58. The SMILES string of the molecule is CCCCN1CCC(NCc2cccc(C(F)F)c2)CC1. The Morgan fingerprint density at radius 1 is 1.29 bits per heavy atom. The van der Waals surface area contributed by atoms with Crippen LogP contribution < -0.4 is 5.32 Å². The van der Waals surface area contributed by atoms with E-state index in [-0.39, 0.29) is 5.56 Å². The van der Waals surface area contributed by atoms with Gasteiger partial charge in [-0.25, -0.2) is 8.78 Å². The molecule has 1 aliphatic rings. The monoisotopic (exact) mass is 296 g/mol. The third kappa shape index (κ3) is 5.36. The molecule has 1 aromatic rings. The van der Waals surface area contributed by atoms with E-state index in [2.05, 4.69) is 17.1 Å². The van der Waals surface area contributed by atoms with Crippen LogP contribution in [0.15, 0.2) is 24.3 Å². The van der Waals surface area contributed by atoms with E-state index < -0.39 is 6.43 Å². The standard InChI is InChI=1S/C17H26F2N2/c1-2-3-9-21-10-7-16(8-11-21)20-13-14-5-4-6-15(12-14)17(18)19/h4-6,12,16-17,20H,2-3,7-11,13H2,1H3. The van der Waals surface area contributed by atoms with Crippen molar-refractivity contribution in [2.24, 2.45) is 0 Å². The normalized spacial score (nSPS) is 17.5. The molecule has 0 atom stereocenters. The first-order valence-electron chi connectivity index (χ1n) is 8.01.